The number of aromatic nitrogens is 2. The van der Waals surface area contributed by atoms with Crippen molar-refractivity contribution in [1.29, 1.82) is 0 Å². The molecule has 20 heavy (non-hydrogen) atoms. The number of carbonyl (C=O) groups is 1. The summed E-state index contributed by atoms with van der Waals surface area (Å²) < 4.78 is 0. The number of hydrogen-bond acceptors (Lipinski definition) is 4. The fraction of sp³-hybridized carbons (Fsp3) is 0.429. The molecule has 1 aliphatic heterocycles. The highest BCUT2D eigenvalue weighted by Gasteiger charge is 2.25. The zero-order valence-electron chi connectivity index (χ0n) is 11.5. The van der Waals surface area contributed by atoms with Gasteiger partial charge in [-0.05, 0) is 35.4 Å². The molecule has 0 spiro atoms. The fourth-order valence-corrected chi connectivity index (χ4v) is 3.33. The summed E-state index contributed by atoms with van der Waals surface area (Å²) in [5.41, 5.74) is 1.94. The highest BCUT2D eigenvalue weighted by Crippen LogP contribution is 2.23. The van der Waals surface area contributed by atoms with Crippen molar-refractivity contribution in [3.8, 4) is 0 Å². The maximum atomic E-state index is 12.2. The van der Waals surface area contributed by atoms with Crippen LogP contribution in [0.5, 0.6) is 0 Å². The summed E-state index contributed by atoms with van der Waals surface area (Å²) in [4.78, 5) is 16.5. The summed E-state index contributed by atoms with van der Waals surface area (Å²) in [5.74, 6) is 0.0466. The van der Waals surface area contributed by atoms with Gasteiger partial charge in [0.15, 0.2) is 0 Å². The first-order valence-electron chi connectivity index (χ1n) is 6.80. The van der Waals surface area contributed by atoms with Crippen LogP contribution in [-0.4, -0.2) is 52.1 Å². The molecule has 6 heteroatoms. The molecule has 1 N–H and O–H groups in total. The van der Waals surface area contributed by atoms with Crippen molar-refractivity contribution < 1.29 is 4.79 Å². The Balaban J connectivity index is 1.58. The summed E-state index contributed by atoms with van der Waals surface area (Å²) in [5, 5.41) is 10.9. The molecule has 1 atom stereocenters. The van der Waals surface area contributed by atoms with Crippen molar-refractivity contribution in [2.24, 2.45) is 0 Å². The minimum Gasteiger partial charge on any atom is -0.335 e. The number of thiophene rings is 1. The topological polar surface area (TPSA) is 52.2 Å². The average molecular weight is 290 g/mol. The van der Waals surface area contributed by atoms with E-state index in [0.29, 0.717) is 11.7 Å². The molecule has 1 saturated heterocycles. The molecule has 0 saturated carbocycles. The van der Waals surface area contributed by atoms with E-state index in [2.05, 4.69) is 38.8 Å². The van der Waals surface area contributed by atoms with E-state index in [4.69, 9.17) is 0 Å². The molecule has 2 aromatic heterocycles. The molecule has 1 amide bonds. The van der Waals surface area contributed by atoms with E-state index < -0.39 is 0 Å². The lowest BCUT2D eigenvalue weighted by Gasteiger charge is -2.37. The zero-order valence-corrected chi connectivity index (χ0v) is 12.3. The van der Waals surface area contributed by atoms with Gasteiger partial charge in [0.2, 0.25) is 0 Å². The van der Waals surface area contributed by atoms with Crippen LogP contribution < -0.4 is 0 Å². The summed E-state index contributed by atoms with van der Waals surface area (Å²) in [6.45, 7) is 5.60. The molecule has 0 radical (unpaired) electrons. The number of hydrogen-bond donors (Lipinski definition) is 1. The number of nitrogens with zero attached hydrogens (tertiary/aromatic N) is 3. The molecule has 1 aliphatic rings. The molecule has 3 rings (SSSR count). The lowest BCUT2D eigenvalue weighted by molar-refractivity contribution is 0.0577. The van der Waals surface area contributed by atoms with E-state index in [1.54, 1.807) is 23.6 Å². The largest absolute Gasteiger partial charge is 0.335 e. The first-order valence-corrected chi connectivity index (χ1v) is 7.75. The van der Waals surface area contributed by atoms with Crippen LogP contribution in [0.3, 0.4) is 0 Å². The maximum absolute atomic E-state index is 12.2. The van der Waals surface area contributed by atoms with Crippen molar-refractivity contribution in [3.63, 3.8) is 0 Å². The summed E-state index contributed by atoms with van der Waals surface area (Å²) in [6, 6.07) is 4.32. The van der Waals surface area contributed by atoms with Crippen LogP contribution in [0.4, 0.5) is 0 Å². The van der Waals surface area contributed by atoms with Crippen LogP contribution in [0.2, 0.25) is 0 Å². The highest BCUT2D eigenvalue weighted by molar-refractivity contribution is 7.07. The Morgan fingerprint density at radius 3 is 2.75 bits per heavy atom. The van der Waals surface area contributed by atoms with Gasteiger partial charge in [-0.15, -0.1) is 0 Å². The molecular weight excluding hydrogens is 272 g/mol. The lowest BCUT2D eigenvalue weighted by atomic mass is 10.1. The second-order valence-electron chi connectivity index (χ2n) is 5.03. The van der Waals surface area contributed by atoms with Crippen LogP contribution in [0.15, 0.2) is 29.1 Å². The Morgan fingerprint density at radius 1 is 1.35 bits per heavy atom. The SMILES string of the molecule is C[C@H](c1ccsc1)N1CCN(C(=O)c2ccn[nH]2)CC1. The minimum atomic E-state index is 0.0466. The highest BCUT2D eigenvalue weighted by atomic mass is 32.1. The van der Waals surface area contributed by atoms with Crippen molar-refractivity contribution in [2.75, 3.05) is 26.2 Å². The number of nitrogens with one attached hydrogen (secondary N) is 1. The molecule has 2 aromatic rings. The van der Waals surface area contributed by atoms with E-state index in [-0.39, 0.29) is 5.91 Å². The number of amides is 1. The maximum Gasteiger partial charge on any atom is 0.271 e. The normalized spacial score (nSPS) is 18.1. The summed E-state index contributed by atoms with van der Waals surface area (Å²) in [7, 11) is 0. The third-order valence-electron chi connectivity index (χ3n) is 3.91. The van der Waals surface area contributed by atoms with Crippen LogP contribution in [0.25, 0.3) is 0 Å². The number of carbonyl (C=O) groups excluding carboxylic acids is 1. The van der Waals surface area contributed by atoms with E-state index in [1.807, 2.05) is 4.90 Å². The monoisotopic (exact) mass is 290 g/mol. The lowest BCUT2D eigenvalue weighted by Crippen LogP contribution is -2.49. The molecule has 1 fully saturated rings. The standard InChI is InChI=1S/C14H18N4OS/c1-11(12-3-9-20-10-12)17-5-7-18(8-6-17)14(19)13-2-4-15-16-13/h2-4,9-11H,5-8H2,1H3,(H,15,16)/t11-/m1/s1. The van der Waals surface area contributed by atoms with Crippen LogP contribution in [0, 0.1) is 0 Å². The van der Waals surface area contributed by atoms with Crippen LogP contribution >= 0.6 is 11.3 Å². The molecule has 0 bridgehead atoms. The minimum absolute atomic E-state index is 0.0466. The van der Waals surface area contributed by atoms with Gasteiger partial charge in [-0.3, -0.25) is 14.8 Å². The molecule has 106 valence electrons. The third kappa shape index (κ3) is 2.62. The number of piperazine rings is 1. The molecule has 0 aliphatic carbocycles. The van der Waals surface area contributed by atoms with E-state index >= 15 is 0 Å². The number of aromatic amines is 1. The van der Waals surface area contributed by atoms with Gasteiger partial charge in [0.1, 0.15) is 5.69 Å². The Labute approximate surface area is 122 Å². The smallest absolute Gasteiger partial charge is 0.271 e. The van der Waals surface area contributed by atoms with Gasteiger partial charge in [-0.1, -0.05) is 0 Å². The molecule has 3 heterocycles. The van der Waals surface area contributed by atoms with Gasteiger partial charge in [-0.2, -0.15) is 16.4 Å². The predicted molar refractivity (Wildman–Crippen MR) is 78.8 cm³/mol. The van der Waals surface area contributed by atoms with Gasteiger partial charge in [0.05, 0.1) is 0 Å². The van der Waals surface area contributed by atoms with Crippen molar-refractivity contribution in [2.45, 2.75) is 13.0 Å². The predicted octanol–water partition coefficient (Wildman–Crippen LogP) is 1.99. The summed E-state index contributed by atoms with van der Waals surface area (Å²) >= 11 is 1.73. The van der Waals surface area contributed by atoms with Crippen molar-refractivity contribution in [1.82, 2.24) is 20.0 Å². The van der Waals surface area contributed by atoms with E-state index in [9.17, 15) is 4.79 Å². The number of H-pyrrole nitrogens is 1. The van der Waals surface area contributed by atoms with Gasteiger partial charge < -0.3 is 4.90 Å². The van der Waals surface area contributed by atoms with Crippen molar-refractivity contribution >= 4 is 17.2 Å². The number of rotatable bonds is 3. The Morgan fingerprint density at radius 2 is 2.15 bits per heavy atom. The zero-order chi connectivity index (χ0) is 13.9. The van der Waals surface area contributed by atoms with E-state index in [1.165, 1.54) is 5.56 Å². The fourth-order valence-electron chi connectivity index (χ4n) is 2.58. The second-order valence-corrected chi connectivity index (χ2v) is 5.81. The van der Waals surface area contributed by atoms with Crippen molar-refractivity contribution in [3.05, 3.63) is 40.3 Å². The molecule has 0 aromatic carbocycles. The Kier molecular flexibility index (Phi) is 3.84. The first kappa shape index (κ1) is 13.3. The second kappa shape index (κ2) is 5.76. The van der Waals surface area contributed by atoms with Gasteiger partial charge in [-0.25, -0.2) is 0 Å². The summed E-state index contributed by atoms with van der Waals surface area (Å²) in [6.07, 6.45) is 1.61. The average Bonchev–Trinajstić information content (AvgIpc) is 3.18. The molecule has 5 nitrogen and oxygen atoms in total. The Hall–Kier alpha value is -1.66. The van der Waals surface area contributed by atoms with Crippen LogP contribution in [0.1, 0.15) is 29.0 Å². The molecular formula is C14H18N4OS. The third-order valence-corrected chi connectivity index (χ3v) is 4.61. The molecule has 0 unspecified atom stereocenters. The Bertz CT molecular complexity index is 544. The quantitative estimate of drug-likeness (QED) is 0.940. The van der Waals surface area contributed by atoms with Gasteiger partial charge in [0, 0.05) is 38.4 Å². The van der Waals surface area contributed by atoms with Crippen LogP contribution in [-0.2, 0) is 0 Å². The van der Waals surface area contributed by atoms with Gasteiger partial charge in [0.25, 0.3) is 5.91 Å². The van der Waals surface area contributed by atoms with E-state index in [0.717, 1.165) is 26.2 Å². The first-order chi connectivity index (χ1) is 9.75. The van der Waals surface area contributed by atoms with Gasteiger partial charge >= 0.3 is 0 Å².